The Morgan fingerprint density at radius 3 is 2.74 bits per heavy atom. The third kappa shape index (κ3) is 4.76. The van der Waals surface area contributed by atoms with Crippen molar-refractivity contribution >= 4 is 40.1 Å². The van der Waals surface area contributed by atoms with Crippen LogP contribution in [0.3, 0.4) is 0 Å². The highest BCUT2D eigenvalue weighted by Crippen LogP contribution is 2.34. The number of carboxylic acids is 1. The SMILES string of the molecule is O=C(O)c1[nH]c2cc(Cl)ccc2c1C(NCC1CCCCC1)c1nnnn1-c1ccc(F)c(Cl)c1. The molecule has 8 nitrogen and oxygen atoms in total. The molecule has 1 unspecified atom stereocenters. The number of hydrogen-bond donors (Lipinski definition) is 3. The first-order valence-electron chi connectivity index (χ1n) is 11.4. The molecule has 2 aromatic carbocycles. The number of halogens is 3. The molecule has 3 N–H and O–H groups in total. The Hall–Kier alpha value is -3.01. The fourth-order valence-electron chi connectivity index (χ4n) is 4.83. The van der Waals surface area contributed by atoms with Gasteiger partial charge >= 0.3 is 5.97 Å². The summed E-state index contributed by atoms with van der Waals surface area (Å²) in [7, 11) is 0. The molecule has 0 aliphatic heterocycles. The standard InChI is InChI=1S/C24H23Cl2FN6O2/c25-14-6-8-16-19(10-14)29-22(24(34)35)20(16)21(28-12-13-4-2-1-3-5-13)23-30-31-32-33(23)15-7-9-18(27)17(26)11-15/h6-11,13,21,28-29H,1-5,12H2,(H,34,35). The summed E-state index contributed by atoms with van der Waals surface area (Å²) in [6.45, 7) is 0.668. The molecule has 1 fully saturated rings. The van der Waals surface area contributed by atoms with E-state index in [1.54, 1.807) is 18.2 Å². The number of aromatic nitrogens is 5. The van der Waals surface area contributed by atoms with E-state index in [1.807, 2.05) is 0 Å². The van der Waals surface area contributed by atoms with E-state index in [9.17, 15) is 14.3 Å². The Labute approximate surface area is 210 Å². The molecule has 2 aromatic heterocycles. The van der Waals surface area contributed by atoms with Gasteiger partial charge in [-0.2, -0.15) is 4.68 Å². The highest BCUT2D eigenvalue weighted by Gasteiger charge is 2.31. The first-order chi connectivity index (χ1) is 16.9. The number of hydrogen-bond acceptors (Lipinski definition) is 5. The number of carbonyl (C=O) groups is 1. The molecule has 2 heterocycles. The smallest absolute Gasteiger partial charge is 0.352 e. The zero-order valence-corrected chi connectivity index (χ0v) is 20.2. The van der Waals surface area contributed by atoms with Crippen molar-refractivity contribution in [1.82, 2.24) is 30.5 Å². The average Bonchev–Trinajstić information content (AvgIpc) is 3.47. The summed E-state index contributed by atoms with van der Waals surface area (Å²) in [5.41, 5.74) is 1.58. The third-order valence-corrected chi connectivity index (χ3v) is 7.06. The molecular weight excluding hydrogens is 494 g/mol. The lowest BCUT2D eigenvalue weighted by Gasteiger charge is -2.25. The Balaban J connectivity index is 1.64. The molecule has 0 spiro atoms. The van der Waals surface area contributed by atoms with Crippen molar-refractivity contribution in [1.29, 1.82) is 0 Å². The summed E-state index contributed by atoms with van der Waals surface area (Å²) in [6, 6.07) is 8.71. The summed E-state index contributed by atoms with van der Waals surface area (Å²) in [4.78, 5) is 15.3. The van der Waals surface area contributed by atoms with E-state index in [4.69, 9.17) is 23.2 Å². The van der Waals surface area contributed by atoms with Crippen LogP contribution in [0.5, 0.6) is 0 Å². The summed E-state index contributed by atoms with van der Waals surface area (Å²) >= 11 is 12.2. The minimum atomic E-state index is -1.11. The normalized spacial score (nSPS) is 15.5. The van der Waals surface area contributed by atoms with E-state index in [-0.39, 0.29) is 10.7 Å². The van der Waals surface area contributed by atoms with E-state index in [2.05, 4.69) is 25.8 Å². The van der Waals surface area contributed by atoms with Gasteiger partial charge in [0.05, 0.1) is 16.8 Å². The quantitative estimate of drug-likeness (QED) is 0.297. The van der Waals surface area contributed by atoms with Gasteiger partial charge in [-0.1, -0.05) is 48.5 Å². The number of nitrogens with one attached hydrogen (secondary N) is 2. The Bertz CT molecular complexity index is 1380. The largest absolute Gasteiger partial charge is 0.477 e. The van der Waals surface area contributed by atoms with E-state index in [0.29, 0.717) is 45.5 Å². The average molecular weight is 517 g/mol. The molecule has 4 aromatic rings. The van der Waals surface area contributed by atoms with Gasteiger partial charge in [0.25, 0.3) is 0 Å². The van der Waals surface area contributed by atoms with Gasteiger partial charge in [0.2, 0.25) is 0 Å². The minimum Gasteiger partial charge on any atom is -0.477 e. The van der Waals surface area contributed by atoms with Crippen molar-refractivity contribution in [2.24, 2.45) is 5.92 Å². The number of rotatable bonds is 7. The highest BCUT2D eigenvalue weighted by molar-refractivity contribution is 6.31. The van der Waals surface area contributed by atoms with Crippen molar-refractivity contribution in [2.75, 3.05) is 6.54 Å². The zero-order chi connectivity index (χ0) is 24.5. The molecule has 0 bridgehead atoms. The van der Waals surface area contributed by atoms with Gasteiger partial charge in [-0.05, 0) is 66.1 Å². The molecule has 182 valence electrons. The molecule has 11 heteroatoms. The van der Waals surface area contributed by atoms with Crippen LogP contribution in [0.15, 0.2) is 36.4 Å². The number of fused-ring (bicyclic) bond motifs is 1. The molecule has 5 rings (SSSR count). The number of nitrogens with zero attached hydrogens (tertiary/aromatic N) is 4. The number of benzene rings is 2. The monoisotopic (exact) mass is 516 g/mol. The fraction of sp³-hybridized carbons (Fsp3) is 0.333. The maximum atomic E-state index is 13.8. The second-order valence-electron chi connectivity index (χ2n) is 8.80. The van der Waals surface area contributed by atoms with E-state index >= 15 is 0 Å². The van der Waals surface area contributed by atoms with Crippen LogP contribution in [0.1, 0.15) is 60.0 Å². The molecule has 0 radical (unpaired) electrons. The van der Waals surface area contributed by atoms with Crippen molar-refractivity contribution in [3.63, 3.8) is 0 Å². The van der Waals surface area contributed by atoms with Gasteiger partial charge in [0, 0.05) is 21.5 Å². The second-order valence-corrected chi connectivity index (χ2v) is 9.64. The van der Waals surface area contributed by atoms with Crippen LogP contribution in [0.4, 0.5) is 4.39 Å². The maximum Gasteiger partial charge on any atom is 0.352 e. The van der Waals surface area contributed by atoms with Gasteiger partial charge < -0.3 is 15.4 Å². The minimum absolute atomic E-state index is 0.0232. The molecule has 1 saturated carbocycles. The molecule has 35 heavy (non-hydrogen) atoms. The van der Waals surface area contributed by atoms with Crippen molar-refractivity contribution in [3.8, 4) is 5.69 Å². The zero-order valence-electron chi connectivity index (χ0n) is 18.6. The molecular formula is C24H23Cl2FN6O2. The van der Waals surface area contributed by atoms with Crippen molar-refractivity contribution in [3.05, 3.63) is 69.3 Å². The lowest BCUT2D eigenvalue weighted by molar-refractivity contribution is 0.0689. The summed E-state index contributed by atoms with van der Waals surface area (Å²) < 4.78 is 15.3. The predicted molar refractivity (Wildman–Crippen MR) is 131 cm³/mol. The highest BCUT2D eigenvalue weighted by atomic mass is 35.5. The molecule has 1 aliphatic rings. The second kappa shape index (κ2) is 9.93. The van der Waals surface area contributed by atoms with Crippen molar-refractivity contribution < 1.29 is 14.3 Å². The van der Waals surface area contributed by atoms with Crippen LogP contribution in [0, 0.1) is 11.7 Å². The van der Waals surface area contributed by atoms with Crippen molar-refractivity contribution in [2.45, 2.75) is 38.1 Å². The van der Waals surface area contributed by atoms with E-state index < -0.39 is 17.8 Å². The topological polar surface area (TPSA) is 109 Å². The van der Waals surface area contributed by atoms with Crippen LogP contribution >= 0.6 is 23.2 Å². The molecule has 0 saturated heterocycles. The third-order valence-electron chi connectivity index (χ3n) is 6.54. The van der Waals surface area contributed by atoms with Crippen LogP contribution in [0.25, 0.3) is 16.6 Å². The van der Waals surface area contributed by atoms with Gasteiger partial charge in [-0.25, -0.2) is 9.18 Å². The summed E-state index contributed by atoms with van der Waals surface area (Å²) in [6.07, 6.45) is 5.79. The predicted octanol–water partition coefficient (Wildman–Crippen LogP) is 5.55. The molecule has 1 atom stereocenters. The Morgan fingerprint density at radius 2 is 2.00 bits per heavy atom. The first kappa shape index (κ1) is 23.7. The lowest BCUT2D eigenvalue weighted by Crippen LogP contribution is -2.32. The van der Waals surface area contributed by atoms with Gasteiger partial charge in [0.15, 0.2) is 5.82 Å². The molecule has 0 amide bonds. The van der Waals surface area contributed by atoms with Crippen LogP contribution in [-0.2, 0) is 0 Å². The number of H-pyrrole nitrogens is 1. The van der Waals surface area contributed by atoms with Crippen LogP contribution in [-0.4, -0.2) is 42.8 Å². The van der Waals surface area contributed by atoms with E-state index in [0.717, 1.165) is 12.8 Å². The number of carboxylic acid groups (broad SMARTS) is 1. The van der Waals surface area contributed by atoms with Gasteiger partial charge in [0.1, 0.15) is 11.5 Å². The first-order valence-corrected chi connectivity index (χ1v) is 12.2. The fourth-order valence-corrected chi connectivity index (χ4v) is 5.18. The number of aromatic amines is 1. The van der Waals surface area contributed by atoms with Gasteiger partial charge in [-0.3, -0.25) is 0 Å². The Morgan fingerprint density at radius 1 is 1.20 bits per heavy atom. The lowest BCUT2D eigenvalue weighted by atomic mass is 9.89. The van der Waals surface area contributed by atoms with Crippen LogP contribution < -0.4 is 5.32 Å². The Kier molecular flexibility index (Phi) is 6.73. The number of tetrazole rings is 1. The number of aromatic carboxylic acids is 1. The van der Waals surface area contributed by atoms with Crippen LogP contribution in [0.2, 0.25) is 10.0 Å². The van der Waals surface area contributed by atoms with Gasteiger partial charge in [-0.15, -0.1) is 5.10 Å². The maximum absolute atomic E-state index is 13.8. The van der Waals surface area contributed by atoms with E-state index in [1.165, 1.54) is 42.1 Å². The molecule has 1 aliphatic carbocycles. The summed E-state index contributed by atoms with van der Waals surface area (Å²) in [5.74, 6) is -0.843. The summed E-state index contributed by atoms with van der Waals surface area (Å²) in [5, 5.41) is 26.9.